The van der Waals surface area contributed by atoms with Gasteiger partial charge >= 0.3 is 5.97 Å². The van der Waals surface area contributed by atoms with E-state index in [1.165, 1.54) is 10.6 Å². The molecule has 1 atom stereocenters. The maximum atomic E-state index is 14.4. The van der Waals surface area contributed by atoms with Gasteiger partial charge in [0.15, 0.2) is 5.60 Å². The zero-order chi connectivity index (χ0) is 22.2. The smallest absolute Gasteiger partial charge is 0.343 e. The van der Waals surface area contributed by atoms with Gasteiger partial charge in [0.2, 0.25) is 0 Å². The van der Waals surface area contributed by atoms with E-state index in [-0.39, 0.29) is 47.8 Å². The predicted molar refractivity (Wildman–Crippen MR) is 112 cm³/mol. The van der Waals surface area contributed by atoms with E-state index >= 15 is 0 Å². The van der Waals surface area contributed by atoms with Crippen molar-refractivity contribution in [2.24, 2.45) is 5.73 Å². The molecule has 0 saturated carbocycles. The van der Waals surface area contributed by atoms with Crippen LogP contribution in [0, 0.1) is 12.7 Å². The molecule has 2 aromatic heterocycles. The van der Waals surface area contributed by atoms with E-state index in [9.17, 15) is 19.1 Å². The number of aliphatic hydroxyl groups is 1. The summed E-state index contributed by atoms with van der Waals surface area (Å²) in [6, 6.07) is 2.91. The fraction of sp³-hybridized carbons (Fsp3) is 0.318. The Morgan fingerprint density at radius 2 is 2.10 bits per heavy atom. The summed E-state index contributed by atoms with van der Waals surface area (Å²) in [7, 11) is 0. The molecule has 2 aliphatic rings. The van der Waals surface area contributed by atoms with Crippen LogP contribution in [-0.2, 0) is 34.8 Å². The number of ether oxygens (including phenoxy) is 1. The Morgan fingerprint density at radius 3 is 2.77 bits per heavy atom. The van der Waals surface area contributed by atoms with Crippen molar-refractivity contribution in [3.8, 4) is 11.4 Å². The van der Waals surface area contributed by atoms with Gasteiger partial charge in [-0.15, -0.1) is 0 Å². The first-order chi connectivity index (χ1) is 14.7. The summed E-state index contributed by atoms with van der Waals surface area (Å²) >= 11 is 6.44. The van der Waals surface area contributed by atoms with Gasteiger partial charge < -0.3 is 20.1 Å². The molecule has 2 aliphatic heterocycles. The van der Waals surface area contributed by atoms with E-state index in [4.69, 9.17) is 22.1 Å². The molecule has 5 rings (SSSR count). The number of pyridine rings is 2. The number of cyclic esters (lactones) is 1. The fourth-order valence-corrected chi connectivity index (χ4v) is 4.88. The number of fused-ring (bicyclic) bond motifs is 5. The van der Waals surface area contributed by atoms with E-state index < -0.39 is 17.4 Å². The Balaban J connectivity index is 1.86. The molecular formula is C22H19ClFN3O4. The van der Waals surface area contributed by atoms with Gasteiger partial charge in [-0.05, 0) is 25.0 Å². The number of rotatable bonds is 2. The minimum Gasteiger partial charge on any atom is -0.458 e. The molecule has 3 N–H and O–H groups in total. The number of hydrogen-bond acceptors (Lipinski definition) is 6. The molecule has 0 radical (unpaired) electrons. The van der Waals surface area contributed by atoms with E-state index in [1.54, 1.807) is 19.9 Å². The van der Waals surface area contributed by atoms with Gasteiger partial charge in [-0.25, -0.2) is 14.2 Å². The summed E-state index contributed by atoms with van der Waals surface area (Å²) in [4.78, 5) is 30.2. The molecule has 160 valence electrons. The predicted octanol–water partition coefficient (Wildman–Crippen LogP) is 2.64. The highest BCUT2D eigenvalue weighted by Crippen LogP contribution is 2.42. The molecule has 0 amide bonds. The number of carbonyl (C=O) groups excluding carboxylic acids is 1. The highest BCUT2D eigenvalue weighted by molar-refractivity contribution is 6.36. The third-order valence-corrected chi connectivity index (χ3v) is 6.89. The normalized spacial score (nSPS) is 19.2. The second kappa shape index (κ2) is 6.59. The highest BCUT2D eigenvalue weighted by Gasteiger charge is 2.45. The van der Waals surface area contributed by atoms with Gasteiger partial charge in [0, 0.05) is 34.7 Å². The maximum absolute atomic E-state index is 14.4. The van der Waals surface area contributed by atoms with Crippen LogP contribution in [0.3, 0.4) is 0 Å². The molecule has 31 heavy (non-hydrogen) atoms. The van der Waals surface area contributed by atoms with Gasteiger partial charge in [0.25, 0.3) is 5.56 Å². The summed E-state index contributed by atoms with van der Waals surface area (Å²) in [6.45, 7) is 3.34. The van der Waals surface area contributed by atoms with Gasteiger partial charge in [-0.2, -0.15) is 0 Å². The average Bonchev–Trinajstić information content (AvgIpc) is 3.12. The summed E-state index contributed by atoms with van der Waals surface area (Å²) in [5.74, 6) is -1.28. The lowest BCUT2D eigenvalue weighted by Gasteiger charge is -2.31. The highest BCUT2D eigenvalue weighted by atomic mass is 35.5. The lowest BCUT2D eigenvalue weighted by molar-refractivity contribution is -0.172. The first-order valence-corrected chi connectivity index (χ1v) is 10.3. The molecule has 7 nitrogen and oxygen atoms in total. The minimum absolute atomic E-state index is 0.0495. The van der Waals surface area contributed by atoms with E-state index in [0.29, 0.717) is 33.4 Å². The second-order valence-electron chi connectivity index (χ2n) is 7.92. The van der Waals surface area contributed by atoms with Crippen molar-refractivity contribution in [3.05, 3.63) is 61.1 Å². The molecule has 0 saturated heterocycles. The summed E-state index contributed by atoms with van der Waals surface area (Å²) in [5, 5.41) is 11.8. The first-order valence-electron chi connectivity index (χ1n) is 9.90. The fourth-order valence-electron chi connectivity index (χ4n) is 4.58. The number of nitrogens with two attached hydrogens (primary N) is 1. The van der Waals surface area contributed by atoms with Gasteiger partial charge in [-0.3, -0.25) is 4.79 Å². The van der Waals surface area contributed by atoms with Crippen LogP contribution in [0.5, 0.6) is 0 Å². The zero-order valence-electron chi connectivity index (χ0n) is 16.9. The van der Waals surface area contributed by atoms with Gasteiger partial charge in [0.1, 0.15) is 12.4 Å². The van der Waals surface area contributed by atoms with Crippen molar-refractivity contribution in [2.45, 2.75) is 45.6 Å². The molecule has 9 heteroatoms. The van der Waals surface area contributed by atoms with Crippen LogP contribution < -0.4 is 11.3 Å². The van der Waals surface area contributed by atoms with Gasteiger partial charge in [-0.1, -0.05) is 18.5 Å². The summed E-state index contributed by atoms with van der Waals surface area (Å²) in [6.07, 6.45) is 0.0495. The van der Waals surface area contributed by atoms with Crippen LogP contribution in [-0.4, -0.2) is 20.6 Å². The SMILES string of the molecule is CC[C@@]1(O)C(=O)OCc2c1cc1n(c2=O)Cc2c-1nc1cc(F)c(C)c(Cl)c1c2CN. The largest absolute Gasteiger partial charge is 0.458 e. The molecule has 0 unspecified atom stereocenters. The lowest BCUT2D eigenvalue weighted by atomic mass is 9.86. The molecule has 1 aromatic carbocycles. The number of benzene rings is 1. The van der Waals surface area contributed by atoms with Crippen LogP contribution in [0.2, 0.25) is 5.02 Å². The van der Waals surface area contributed by atoms with E-state index in [0.717, 1.165) is 5.56 Å². The summed E-state index contributed by atoms with van der Waals surface area (Å²) < 4.78 is 21.0. The van der Waals surface area contributed by atoms with Crippen LogP contribution in [0.4, 0.5) is 4.39 Å². The number of hydrogen-bond donors (Lipinski definition) is 2. The van der Waals surface area contributed by atoms with Crippen LogP contribution in [0.1, 0.15) is 41.2 Å². The van der Waals surface area contributed by atoms with Gasteiger partial charge in [0.05, 0.1) is 34.0 Å². The number of nitrogens with zero attached hydrogens (tertiary/aromatic N) is 2. The Hall–Kier alpha value is -2.81. The topological polar surface area (TPSA) is 107 Å². The number of carbonyl (C=O) groups is 1. The van der Waals surface area contributed by atoms with Crippen molar-refractivity contribution in [2.75, 3.05) is 0 Å². The molecular weight excluding hydrogens is 425 g/mol. The molecule has 0 bridgehead atoms. The van der Waals surface area contributed by atoms with Crippen molar-refractivity contribution in [1.29, 1.82) is 0 Å². The van der Waals surface area contributed by atoms with E-state index in [1.807, 2.05) is 0 Å². The maximum Gasteiger partial charge on any atom is 0.343 e. The number of esters is 1. The average molecular weight is 444 g/mol. The van der Waals surface area contributed by atoms with Crippen molar-refractivity contribution in [1.82, 2.24) is 9.55 Å². The Kier molecular flexibility index (Phi) is 4.28. The third-order valence-electron chi connectivity index (χ3n) is 6.42. The van der Waals surface area contributed by atoms with Crippen molar-refractivity contribution < 1.29 is 19.0 Å². The second-order valence-corrected chi connectivity index (χ2v) is 8.29. The Bertz CT molecular complexity index is 1380. The van der Waals surface area contributed by atoms with Crippen molar-refractivity contribution in [3.63, 3.8) is 0 Å². The Morgan fingerprint density at radius 1 is 1.35 bits per heavy atom. The molecule has 0 spiro atoms. The van der Waals surface area contributed by atoms with E-state index in [2.05, 4.69) is 4.98 Å². The number of halogens is 2. The summed E-state index contributed by atoms with van der Waals surface area (Å²) in [5.41, 5.74) is 7.17. The third kappa shape index (κ3) is 2.49. The Labute approximate surface area is 181 Å². The zero-order valence-corrected chi connectivity index (χ0v) is 17.6. The molecule has 4 heterocycles. The molecule has 0 aliphatic carbocycles. The molecule has 3 aromatic rings. The first kappa shape index (κ1) is 20.1. The number of aromatic nitrogens is 2. The standard InChI is InChI=1S/C22H19ClFN3O4/c1-3-22(30)13-4-16-19-11(7-27(16)20(28)12(13)8-31-21(22)29)10(6-25)17-15(26-19)5-14(24)9(2)18(17)23/h4-5,30H,3,6-8,25H2,1-2H3/t22-/m0/s1. The lowest BCUT2D eigenvalue weighted by Crippen LogP contribution is -2.44. The van der Waals surface area contributed by atoms with Crippen LogP contribution >= 0.6 is 11.6 Å². The molecule has 0 fully saturated rings. The van der Waals surface area contributed by atoms with Crippen LogP contribution in [0.25, 0.3) is 22.3 Å². The monoisotopic (exact) mass is 443 g/mol. The van der Waals surface area contributed by atoms with Crippen molar-refractivity contribution >= 4 is 28.5 Å². The van der Waals surface area contributed by atoms with Crippen LogP contribution in [0.15, 0.2) is 16.9 Å². The minimum atomic E-state index is -1.91. The quantitative estimate of drug-likeness (QED) is 0.461.